The highest BCUT2D eigenvalue weighted by atomic mass is 15.2. The quantitative estimate of drug-likeness (QED) is 0.749. The summed E-state index contributed by atoms with van der Waals surface area (Å²) in [6, 6.07) is 0.688. The molecule has 1 saturated heterocycles. The number of rotatable bonds is 4. The van der Waals surface area contributed by atoms with E-state index in [0.717, 1.165) is 24.8 Å². The van der Waals surface area contributed by atoms with Crippen LogP contribution in [0.1, 0.15) is 40.0 Å². The number of nitrogens with two attached hydrogens (primary N) is 1. The van der Waals surface area contributed by atoms with Crippen molar-refractivity contribution in [3.8, 4) is 0 Å². The SMILES string of the molecule is CC(C)C1CCN(C(C)CCN)CC1. The Kier molecular flexibility index (Phi) is 4.90. The zero-order chi connectivity index (χ0) is 10.6. The molecule has 0 spiro atoms. The van der Waals surface area contributed by atoms with Crippen molar-refractivity contribution in [2.75, 3.05) is 19.6 Å². The Bertz CT molecular complexity index is 148. The highest BCUT2D eigenvalue weighted by Crippen LogP contribution is 2.25. The number of piperidine rings is 1. The van der Waals surface area contributed by atoms with Crippen LogP contribution in [0.15, 0.2) is 0 Å². The Labute approximate surface area is 88.8 Å². The molecule has 1 aliphatic rings. The van der Waals surface area contributed by atoms with Crippen LogP contribution >= 0.6 is 0 Å². The molecule has 14 heavy (non-hydrogen) atoms. The topological polar surface area (TPSA) is 29.3 Å². The van der Waals surface area contributed by atoms with Gasteiger partial charge in [0.1, 0.15) is 0 Å². The van der Waals surface area contributed by atoms with E-state index in [2.05, 4.69) is 25.7 Å². The van der Waals surface area contributed by atoms with E-state index in [4.69, 9.17) is 5.73 Å². The van der Waals surface area contributed by atoms with Crippen LogP contribution in [0.4, 0.5) is 0 Å². The molecule has 0 radical (unpaired) electrons. The fraction of sp³-hybridized carbons (Fsp3) is 1.00. The first-order chi connectivity index (χ1) is 6.65. The van der Waals surface area contributed by atoms with Gasteiger partial charge in [0, 0.05) is 6.04 Å². The molecule has 0 aliphatic carbocycles. The van der Waals surface area contributed by atoms with Crippen LogP contribution in [-0.2, 0) is 0 Å². The van der Waals surface area contributed by atoms with Gasteiger partial charge in [-0.2, -0.15) is 0 Å². The smallest absolute Gasteiger partial charge is 0.00789 e. The van der Waals surface area contributed by atoms with Crippen LogP contribution < -0.4 is 5.73 Å². The monoisotopic (exact) mass is 198 g/mol. The van der Waals surface area contributed by atoms with Crippen LogP contribution in [0.5, 0.6) is 0 Å². The summed E-state index contributed by atoms with van der Waals surface area (Å²) in [6.45, 7) is 10.4. The molecule has 0 aromatic carbocycles. The van der Waals surface area contributed by atoms with E-state index in [1.165, 1.54) is 25.9 Å². The fourth-order valence-electron chi connectivity index (χ4n) is 2.45. The van der Waals surface area contributed by atoms with Crippen LogP contribution in [0.3, 0.4) is 0 Å². The zero-order valence-corrected chi connectivity index (χ0v) is 10.00. The summed E-state index contributed by atoms with van der Waals surface area (Å²) in [6.07, 6.45) is 3.91. The number of hydrogen-bond donors (Lipinski definition) is 1. The van der Waals surface area contributed by atoms with Crippen molar-refractivity contribution >= 4 is 0 Å². The molecule has 1 unspecified atom stereocenters. The molecule has 0 aromatic rings. The first-order valence-corrected chi connectivity index (χ1v) is 6.09. The van der Waals surface area contributed by atoms with Crippen molar-refractivity contribution in [3.05, 3.63) is 0 Å². The maximum atomic E-state index is 5.58. The molecule has 1 heterocycles. The van der Waals surface area contributed by atoms with E-state index in [9.17, 15) is 0 Å². The predicted octanol–water partition coefficient (Wildman–Crippen LogP) is 2.09. The second-order valence-corrected chi connectivity index (χ2v) is 5.04. The second-order valence-electron chi connectivity index (χ2n) is 5.04. The van der Waals surface area contributed by atoms with E-state index in [0.29, 0.717) is 6.04 Å². The molecular weight excluding hydrogens is 172 g/mol. The minimum atomic E-state index is 0.688. The number of likely N-dealkylation sites (tertiary alicyclic amines) is 1. The molecule has 1 aliphatic heterocycles. The van der Waals surface area contributed by atoms with Gasteiger partial charge < -0.3 is 10.6 Å². The fourth-order valence-corrected chi connectivity index (χ4v) is 2.45. The highest BCUT2D eigenvalue weighted by molar-refractivity contribution is 4.77. The third-order valence-electron chi connectivity index (χ3n) is 3.72. The molecule has 1 fully saturated rings. The van der Waals surface area contributed by atoms with E-state index >= 15 is 0 Å². The molecule has 0 aromatic heterocycles. The maximum absolute atomic E-state index is 5.58. The Morgan fingerprint density at radius 2 is 1.79 bits per heavy atom. The summed E-state index contributed by atoms with van der Waals surface area (Å²) in [4.78, 5) is 2.60. The minimum Gasteiger partial charge on any atom is -0.330 e. The summed E-state index contributed by atoms with van der Waals surface area (Å²) in [5.74, 6) is 1.82. The van der Waals surface area contributed by atoms with Gasteiger partial charge in [-0.3, -0.25) is 0 Å². The maximum Gasteiger partial charge on any atom is 0.00789 e. The molecule has 2 nitrogen and oxygen atoms in total. The van der Waals surface area contributed by atoms with Gasteiger partial charge in [0.25, 0.3) is 0 Å². The average Bonchev–Trinajstić information content (AvgIpc) is 2.18. The molecule has 0 bridgehead atoms. The van der Waals surface area contributed by atoms with Crippen LogP contribution in [0.25, 0.3) is 0 Å². The summed E-state index contributed by atoms with van der Waals surface area (Å²) < 4.78 is 0. The van der Waals surface area contributed by atoms with Crippen molar-refractivity contribution in [1.82, 2.24) is 4.90 Å². The van der Waals surface area contributed by atoms with Crippen LogP contribution in [-0.4, -0.2) is 30.6 Å². The zero-order valence-electron chi connectivity index (χ0n) is 10.00. The molecule has 0 saturated carbocycles. The highest BCUT2D eigenvalue weighted by Gasteiger charge is 2.23. The Hall–Kier alpha value is -0.0800. The molecule has 0 amide bonds. The van der Waals surface area contributed by atoms with Crippen LogP contribution in [0, 0.1) is 11.8 Å². The van der Waals surface area contributed by atoms with E-state index in [1.807, 2.05) is 0 Å². The van der Waals surface area contributed by atoms with Gasteiger partial charge in [-0.15, -0.1) is 0 Å². The lowest BCUT2D eigenvalue weighted by Gasteiger charge is -2.37. The van der Waals surface area contributed by atoms with Gasteiger partial charge in [-0.25, -0.2) is 0 Å². The Balaban J connectivity index is 2.28. The van der Waals surface area contributed by atoms with Gasteiger partial charge in [-0.1, -0.05) is 13.8 Å². The predicted molar refractivity (Wildman–Crippen MR) is 62.3 cm³/mol. The molecule has 1 rings (SSSR count). The first-order valence-electron chi connectivity index (χ1n) is 6.09. The van der Waals surface area contributed by atoms with E-state index < -0.39 is 0 Å². The van der Waals surface area contributed by atoms with E-state index in [-0.39, 0.29) is 0 Å². The van der Waals surface area contributed by atoms with Crippen molar-refractivity contribution in [1.29, 1.82) is 0 Å². The summed E-state index contributed by atoms with van der Waals surface area (Å²) in [5.41, 5.74) is 5.58. The largest absolute Gasteiger partial charge is 0.330 e. The number of hydrogen-bond acceptors (Lipinski definition) is 2. The lowest BCUT2D eigenvalue weighted by molar-refractivity contribution is 0.118. The van der Waals surface area contributed by atoms with E-state index in [1.54, 1.807) is 0 Å². The van der Waals surface area contributed by atoms with Crippen molar-refractivity contribution in [2.45, 2.75) is 46.1 Å². The van der Waals surface area contributed by atoms with Crippen molar-refractivity contribution in [3.63, 3.8) is 0 Å². The molecule has 2 heteroatoms. The Morgan fingerprint density at radius 1 is 1.21 bits per heavy atom. The van der Waals surface area contributed by atoms with Gasteiger partial charge in [0.2, 0.25) is 0 Å². The molecule has 1 atom stereocenters. The summed E-state index contributed by atoms with van der Waals surface area (Å²) in [5, 5.41) is 0. The summed E-state index contributed by atoms with van der Waals surface area (Å²) >= 11 is 0. The number of nitrogens with zero attached hydrogens (tertiary/aromatic N) is 1. The van der Waals surface area contributed by atoms with Gasteiger partial charge >= 0.3 is 0 Å². The lowest BCUT2D eigenvalue weighted by Crippen LogP contribution is -2.41. The van der Waals surface area contributed by atoms with Crippen LogP contribution in [0.2, 0.25) is 0 Å². The summed E-state index contributed by atoms with van der Waals surface area (Å²) in [7, 11) is 0. The molecule has 2 N–H and O–H groups in total. The average molecular weight is 198 g/mol. The molecule has 84 valence electrons. The first kappa shape index (κ1) is 12.0. The third-order valence-corrected chi connectivity index (χ3v) is 3.72. The lowest BCUT2D eigenvalue weighted by atomic mass is 9.86. The minimum absolute atomic E-state index is 0.688. The van der Waals surface area contributed by atoms with Gasteiger partial charge in [-0.05, 0) is 57.7 Å². The standard InChI is InChI=1S/C12H26N2/c1-10(2)12-5-8-14(9-6-12)11(3)4-7-13/h10-12H,4-9,13H2,1-3H3. The normalized spacial score (nSPS) is 22.9. The van der Waals surface area contributed by atoms with Crippen molar-refractivity contribution in [2.24, 2.45) is 17.6 Å². The third kappa shape index (κ3) is 3.25. The Morgan fingerprint density at radius 3 is 2.21 bits per heavy atom. The van der Waals surface area contributed by atoms with Crippen molar-refractivity contribution < 1.29 is 0 Å². The van der Waals surface area contributed by atoms with Gasteiger partial charge in [0.15, 0.2) is 0 Å². The second kappa shape index (κ2) is 5.72. The van der Waals surface area contributed by atoms with Gasteiger partial charge in [0.05, 0.1) is 0 Å². The molecular formula is C12H26N2.